The molecule has 0 amide bonds. The summed E-state index contributed by atoms with van der Waals surface area (Å²) in [5.74, 6) is -0.238. The van der Waals surface area contributed by atoms with Gasteiger partial charge in [-0.15, -0.1) is 21.5 Å². The van der Waals surface area contributed by atoms with E-state index in [0.29, 0.717) is 10.6 Å². The van der Waals surface area contributed by atoms with E-state index in [1.54, 1.807) is 10.9 Å². The Balaban J connectivity index is 2.05. The van der Waals surface area contributed by atoms with E-state index in [1.807, 2.05) is 6.07 Å². The van der Waals surface area contributed by atoms with Crippen LogP contribution in [0.1, 0.15) is 15.2 Å². The molecule has 7 heteroatoms. The van der Waals surface area contributed by atoms with Crippen molar-refractivity contribution in [3.8, 4) is 0 Å². The number of aromatic carboxylic acids is 1. The molecule has 0 saturated carbocycles. The number of thioether (sulfide) groups is 1. The monoisotopic (exact) mass is 258 g/mol. The first kappa shape index (κ1) is 10.6. The van der Waals surface area contributed by atoms with Crippen molar-refractivity contribution in [2.75, 3.05) is 0 Å². The first-order valence-corrected chi connectivity index (χ1v) is 6.70. The summed E-state index contributed by atoms with van der Waals surface area (Å²) in [6, 6.07) is 1.84. The summed E-state index contributed by atoms with van der Waals surface area (Å²) < 4.78 is 0.859. The summed E-state index contributed by atoms with van der Waals surface area (Å²) in [4.78, 5) is 11.2. The van der Waals surface area contributed by atoms with Gasteiger partial charge in [-0.25, -0.2) is 4.79 Å². The minimum absolute atomic E-state index is 0.409. The van der Waals surface area contributed by atoms with Gasteiger partial charge in [0.1, 0.15) is 10.4 Å². The molecule has 0 aliphatic heterocycles. The largest absolute Gasteiger partial charge is 0.477 e. The maximum Gasteiger partial charge on any atom is 0.346 e. The summed E-state index contributed by atoms with van der Waals surface area (Å²) in [5, 5.41) is 18.3. The van der Waals surface area contributed by atoms with Gasteiger partial charge in [0, 0.05) is 5.75 Å². The molecule has 2 aromatic rings. The highest BCUT2D eigenvalue weighted by molar-refractivity contribution is 8.00. The first-order chi connectivity index (χ1) is 7.27. The molecule has 2 rings (SSSR count). The predicted octanol–water partition coefficient (Wildman–Crippen LogP) is 2.59. The van der Waals surface area contributed by atoms with Crippen LogP contribution in [0.15, 0.2) is 21.3 Å². The van der Waals surface area contributed by atoms with E-state index in [1.165, 1.54) is 34.4 Å². The van der Waals surface area contributed by atoms with Gasteiger partial charge < -0.3 is 5.11 Å². The van der Waals surface area contributed by atoms with Crippen LogP contribution in [0.3, 0.4) is 0 Å². The highest BCUT2D eigenvalue weighted by Crippen LogP contribution is 2.27. The van der Waals surface area contributed by atoms with Crippen molar-refractivity contribution in [1.29, 1.82) is 0 Å². The van der Waals surface area contributed by atoms with E-state index in [4.69, 9.17) is 5.11 Å². The topological polar surface area (TPSA) is 63.1 Å². The van der Waals surface area contributed by atoms with Crippen molar-refractivity contribution >= 4 is 40.4 Å². The van der Waals surface area contributed by atoms with Gasteiger partial charge in [-0.3, -0.25) is 0 Å². The van der Waals surface area contributed by atoms with Crippen molar-refractivity contribution in [3.63, 3.8) is 0 Å². The molecule has 2 heterocycles. The molecular weight excluding hydrogens is 252 g/mol. The predicted molar refractivity (Wildman–Crippen MR) is 60.7 cm³/mol. The van der Waals surface area contributed by atoms with Crippen molar-refractivity contribution in [1.82, 2.24) is 10.2 Å². The number of aromatic nitrogens is 2. The number of hydrogen-bond donors (Lipinski definition) is 1. The summed E-state index contributed by atoms with van der Waals surface area (Å²) in [5.41, 5.74) is 2.50. The summed E-state index contributed by atoms with van der Waals surface area (Å²) in [7, 11) is 0. The molecule has 0 radical (unpaired) electrons. The zero-order valence-electron chi connectivity index (χ0n) is 7.41. The fraction of sp³-hybridized carbons (Fsp3) is 0.125. The number of carboxylic acids is 1. The molecule has 15 heavy (non-hydrogen) atoms. The van der Waals surface area contributed by atoms with E-state index in [2.05, 4.69) is 10.2 Å². The van der Waals surface area contributed by atoms with E-state index >= 15 is 0 Å². The standard InChI is InChI=1S/C8H6N2O2S3/c11-7(12)6-5(1-2-13-6)3-14-8-10-9-4-15-8/h1-2,4H,3H2,(H,11,12). The molecule has 1 N–H and O–H groups in total. The Labute approximate surface area is 98.0 Å². The fourth-order valence-corrected chi connectivity index (χ4v) is 3.34. The van der Waals surface area contributed by atoms with Crippen LogP contribution in [0.5, 0.6) is 0 Å². The normalized spacial score (nSPS) is 10.4. The zero-order chi connectivity index (χ0) is 10.7. The highest BCUT2D eigenvalue weighted by Gasteiger charge is 2.12. The molecule has 0 atom stereocenters. The lowest BCUT2D eigenvalue weighted by Crippen LogP contribution is -1.96. The van der Waals surface area contributed by atoms with Crippen LogP contribution < -0.4 is 0 Å². The summed E-state index contributed by atoms with van der Waals surface area (Å²) in [6.45, 7) is 0. The van der Waals surface area contributed by atoms with Gasteiger partial charge in [-0.1, -0.05) is 23.1 Å². The van der Waals surface area contributed by atoms with Crippen LogP contribution in [-0.4, -0.2) is 21.3 Å². The number of carbonyl (C=O) groups is 1. The minimum Gasteiger partial charge on any atom is -0.477 e. The van der Waals surface area contributed by atoms with Gasteiger partial charge >= 0.3 is 5.97 Å². The molecule has 0 aliphatic carbocycles. The Morgan fingerprint density at radius 1 is 1.53 bits per heavy atom. The van der Waals surface area contributed by atoms with Crippen LogP contribution in [0.25, 0.3) is 0 Å². The van der Waals surface area contributed by atoms with Crippen LogP contribution in [-0.2, 0) is 5.75 Å². The Bertz CT molecular complexity index is 452. The van der Waals surface area contributed by atoms with Crippen LogP contribution in [0.4, 0.5) is 0 Å². The van der Waals surface area contributed by atoms with Crippen LogP contribution in [0, 0.1) is 0 Å². The zero-order valence-corrected chi connectivity index (χ0v) is 9.86. The SMILES string of the molecule is O=C(O)c1sccc1CSc1nncs1. The summed E-state index contributed by atoms with van der Waals surface area (Å²) in [6.07, 6.45) is 0. The fourth-order valence-electron chi connectivity index (χ4n) is 1.00. The average Bonchev–Trinajstić information content (AvgIpc) is 2.86. The molecule has 4 nitrogen and oxygen atoms in total. The third-order valence-electron chi connectivity index (χ3n) is 1.63. The van der Waals surface area contributed by atoms with Crippen molar-refractivity contribution in [2.45, 2.75) is 10.1 Å². The number of hydrogen-bond acceptors (Lipinski definition) is 6. The van der Waals surface area contributed by atoms with E-state index in [0.717, 1.165) is 9.90 Å². The van der Waals surface area contributed by atoms with Gasteiger partial charge in [0.05, 0.1) is 0 Å². The second-order valence-electron chi connectivity index (χ2n) is 2.57. The average molecular weight is 258 g/mol. The molecule has 0 aromatic carbocycles. The molecule has 0 aliphatic rings. The maximum absolute atomic E-state index is 10.8. The number of carboxylic acid groups (broad SMARTS) is 1. The molecule has 0 bridgehead atoms. The van der Waals surface area contributed by atoms with E-state index in [-0.39, 0.29) is 0 Å². The lowest BCUT2D eigenvalue weighted by molar-refractivity contribution is 0.0701. The molecule has 0 spiro atoms. The van der Waals surface area contributed by atoms with Gasteiger partial charge in [0.25, 0.3) is 0 Å². The maximum atomic E-state index is 10.8. The second kappa shape index (κ2) is 4.73. The number of thiophene rings is 1. The minimum atomic E-state index is -0.863. The quantitative estimate of drug-likeness (QED) is 0.854. The third kappa shape index (κ3) is 2.55. The first-order valence-electron chi connectivity index (χ1n) is 3.96. The van der Waals surface area contributed by atoms with Crippen molar-refractivity contribution in [3.05, 3.63) is 27.4 Å². The number of nitrogens with zero attached hydrogens (tertiary/aromatic N) is 2. The number of rotatable bonds is 4. The van der Waals surface area contributed by atoms with Gasteiger partial charge in [-0.05, 0) is 17.0 Å². The second-order valence-corrected chi connectivity index (χ2v) is 5.55. The molecule has 0 saturated heterocycles. The Morgan fingerprint density at radius 2 is 2.40 bits per heavy atom. The van der Waals surface area contributed by atoms with Crippen molar-refractivity contribution < 1.29 is 9.90 Å². The smallest absolute Gasteiger partial charge is 0.346 e. The van der Waals surface area contributed by atoms with Gasteiger partial charge in [-0.2, -0.15) is 0 Å². The molecule has 0 fully saturated rings. The van der Waals surface area contributed by atoms with E-state index in [9.17, 15) is 4.79 Å². The molecule has 78 valence electrons. The van der Waals surface area contributed by atoms with Gasteiger partial charge in [0.2, 0.25) is 0 Å². The lowest BCUT2D eigenvalue weighted by atomic mass is 10.3. The Morgan fingerprint density at radius 3 is 3.07 bits per heavy atom. The summed E-state index contributed by atoms with van der Waals surface area (Å²) >= 11 is 4.21. The van der Waals surface area contributed by atoms with E-state index < -0.39 is 5.97 Å². The molecular formula is C8H6N2O2S3. The molecule has 2 aromatic heterocycles. The molecule has 0 unspecified atom stereocenters. The third-order valence-corrected chi connectivity index (χ3v) is 4.49. The Hall–Kier alpha value is -0.920. The van der Waals surface area contributed by atoms with Crippen molar-refractivity contribution in [2.24, 2.45) is 0 Å². The highest BCUT2D eigenvalue weighted by atomic mass is 32.2. The Kier molecular flexibility index (Phi) is 3.34. The van der Waals surface area contributed by atoms with Gasteiger partial charge in [0.15, 0.2) is 4.34 Å². The van der Waals surface area contributed by atoms with Crippen LogP contribution >= 0.6 is 34.4 Å². The van der Waals surface area contributed by atoms with Crippen LogP contribution in [0.2, 0.25) is 0 Å². The lowest BCUT2D eigenvalue weighted by Gasteiger charge is -1.96.